The molecule has 1 aromatic carbocycles. The third-order valence-corrected chi connectivity index (χ3v) is 2.70. The van der Waals surface area contributed by atoms with Gasteiger partial charge in [-0.3, -0.25) is 10.1 Å². The van der Waals surface area contributed by atoms with Crippen molar-refractivity contribution in [2.75, 3.05) is 0 Å². The molecule has 0 N–H and O–H groups in total. The van der Waals surface area contributed by atoms with E-state index in [0.29, 0.717) is 11.1 Å². The summed E-state index contributed by atoms with van der Waals surface area (Å²) in [5.74, 6) is 0. The summed E-state index contributed by atoms with van der Waals surface area (Å²) in [6.45, 7) is 0. The summed E-state index contributed by atoms with van der Waals surface area (Å²) in [5, 5.41) is 10.9. The zero-order chi connectivity index (χ0) is 11.7. The van der Waals surface area contributed by atoms with Crippen molar-refractivity contribution in [3.8, 4) is 0 Å². The molecule has 19 heavy (non-hydrogen) atoms. The van der Waals surface area contributed by atoms with E-state index in [4.69, 9.17) is 17.1 Å². The van der Waals surface area contributed by atoms with Gasteiger partial charge >= 0.3 is 25.2 Å². The van der Waals surface area contributed by atoms with Crippen LogP contribution in [0.3, 0.4) is 0 Å². The van der Waals surface area contributed by atoms with Crippen LogP contribution in [0, 0.1) is 10.1 Å². The van der Waals surface area contributed by atoms with E-state index >= 15 is 0 Å². The van der Waals surface area contributed by atoms with Crippen molar-refractivity contribution in [3.63, 3.8) is 0 Å². The van der Waals surface area contributed by atoms with Gasteiger partial charge in [0.1, 0.15) is 5.03 Å². The molecule has 5 nitrogen and oxygen atoms in total. The summed E-state index contributed by atoms with van der Waals surface area (Å²) in [6.07, 6.45) is 1.26. The van der Waals surface area contributed by atoms with Crippen LogP contribution in [0.2, 0.25) is 0 Å². The summed E-state index contributed by atoms with van der Waals surface area (Å²) in [7, 11) is 0. The molecule has 0 heterocycles. The molecule has 0 spiro atoms. The van der Waals surface area contributed by atoms with Crippen LogP contribution in [-0.2, 0) is 19.5 Å². The van der Waals surface area contributed by atoms with Crippen LogP contribution in [0.4, 0.5) is 0 Å². The van der Waals surface area contributed by atoms with E-state index in [9.17, 15) is 10.1 Å². The minimum atomic E-state index is -0.991. The van der Waals surface area contributed by atoms with E-state index in [2.05, 4.69) is 4.79 Å². The van der Waals surface area contributed by atoms with Gasteiger partial charge in [0.15, 0.2) is 0 Å². The maximum Gasteiger partial charge on any atom is 2.00 e. The molecule has 0 saturated carbocycles. The van der Waals surface area contributed by atoms with E-state index in [1.54, 1.807) is 24.3 Å². The van der Waals surface area contributed by atoms with Crippen LogP contribution >= 0.6 is 11.6 Å². The van der Waals surface area contributed by atoms with Crippen LogP contribution in [-0.4, -0.2) is 15.4 Å². The molecule has 1 aliphatic carbocycles. The number of nitrogens with zero attached hydrogens (tertiary/aromatic N) is 3. The first-order valence-corrected chi connectivity index (χ1v) is 4.85. The van der Waals surface area contributed by atoms with E-state index in [1.807, 2.05) is 0 Å². The fourth-order valence-corrected chi connectivity index (χ4v) is 1.94. The Morgan fingerprint density at radius 2 is 1.89 bits per heavy atom. The number of fused-ring (bicyclic) bond motifs is 1. The smallest absolute Gasteiger partial charge is 1.00 e. The standard InChI is InChI=1S/C10H6ClN3O2.2ClH.Zn/c11-8-5-9(14(15)16)6-3-1-2-4-7(6)10(8)13-12;;;/h1-5,9H;2*1H;/q;;;+2/p-2. The maximum absolute atomic E-state index is 10.9. The van der Waals surface area contributed by atoms with Crippen molar-refractivity contribution in [2.45, 2.75) is 6.04 Å². The predicted molar refractivity (Wildman–Crippen MR) is 57.8 cm³/mol. The number of allylic oxidation sites excluding steroid dienone is 1. The molecule has 1 aliphatic rings. The van der Waals surface area contributed by atoms with Crippen molar-refractivity contribution in [1.29, 1.82) is 0 Å². The Labute approximate surface area is 139 Å². The normalized spacial score (nSPS) is 15.5. The van der Waals surface area contributed by atoms with E-state index < -0.39 is 11.0 Å². The Balaban J connectivity index is 0. The molecule has 0 saturated heterocycles. The Bertz CT molecular complexity index is 559. The summed E-state index contributed by atoms with van der Waals surface area (Å²) >= 11 is 5.82. The van der Waals surface area contributed by atoms with Crippen molar-refractivity contribution in [1.82, 2.24) is 0 Å². The fourth-order valence-electron chi connectivity index (χ4n) is 1.68. The minimum Gasteiger partial charge on any atom is -1.00 e. The maximum atomic E-state index is 10.9. The molecule has 0 amide bonds. The zero-order valence-corrected chi connectivity index (χ0v) is 14.7. The molecule has 96 valence electrons. The van der Waals surface area contributed by atoms with Gasteiger partial charge in [0.2, 0.25) is 0 Å². The van der Waals surface area contributed by atoms with Gasteiger partial charge in [0.25, 0.3) is 6.04 Å². The van der Waals surface area contributed by atoms with Gasteiger partial charge in [-0.1, -0.05) is 29.8 Å². The number of hydrogen-bond acceptors (Lipinski definition) is 2. The van der Waals surface area contributed by atoms with Crippen molar-refractivity contribution in [3.05, 3.63) is 62.1 Å². The second-order valence-electron chi connectivity index (χ2n) is 3.28. The first kappa shape index (κ1) is 20.5. The zero-order valence-electron chi connectivity index (χ0n) is 9.46. The molecule has 0 aliphatic heterocycles. The van der Waals surface area contributed by atoms with Gasteiger partial charge in [0.05, 0.1) is 5.56 Å². The molecule has 1 atom stereocenters. The van der Waals surface area contributed by atoms with Crippen LogP contribution in [0.1, 0.15) is 17.2 Å². The number of rotatable bonds is 1. The van der Waals surface area contributed by atoms with Gasteiger partial charge in [-0.2, -0.15) is 4.79 Å². The van der Waals surface area contributed by atoms with E-state index in [0.717, 1.165) is 0 Å². The second kappa shape index (κ2) is 8.41. The van der Waals surface area contributed by atoms with Gasteiger partial charge in [-0.05, 0) is 6.07 Å². The van der Waals surface area contributed by atoms with Crippen LogP contribution in [0.25, 0.3) is 5.53 Å². The molecule has 1 aromatic rings. The summed E-state index contributed by atoms with van der Waals surface area (Å²) in [4.78, 5) is 13.5. The van der Waals surface area contributed by atoms with Crippen LogP contribution in [0.5, 0.6) is 0 Å². The Kier molecular flexibility index (Phi) is 9.10. The molecular formula is C10H6Cl3N3O2Zn. The monoisotopic (exact) mass is 369 g/mol. The summed E-state index contributed by atoms with van der Waals surface area (Å²) in [6, 6.07) is 5.66. The van der Waals surface area contributed by atoms with Crippen molar-refractivity contribution < 1.29 is 54.0 Å². The molecule has 2 rings (SSSR count). The number of nitro groups is 1. The molecule has 1 unspecified atom stereocenters. The first-order valence-electron chi connectivity index (χ1n) is 4.47. The second-order valence-corrected chi connectivity index (χ2v) is 3.69. The van der Waals surface area contributed by atoms with Crippen molar-refractivity contribution in [2.24, 2.45) is 0 Å². The average Bonchev–Trinajstić information content (AvgIpc) is 2.28. The third-order valence-electron chi connectivity index (χ3n) is 2.39. The van der Waals surface area contributed by atoms with Gasteiger partial charge in [-0.25, -0.2) is 0 Å². The Morgan fingerprint density at radius 1 is 1.32 bits per heavy atom. The molecular weight excluding hydrogens is 366 g/mol. The fraction of sp³-hybridized carbons (Fsp3) is 0.100. The molecule has 0 bridgehead atoms. The number of benzene rings is 1. The third kappa shape index (κ3) is 3.85. The van der Waals surface area contributed by atoms with Gasteiger partial charge < -0.3 is 30.3 Å². The summed E-state index contributed by atoms with van der Waals surface area (Å²) < 4.78 is 0. The minimum absolute atomic E-state index is 0. The van der Waals surface area contributed by atoms with E-state index in [-0.39, 0.29) is 55.0 Å². The van der Waals surface area contributed by atoms with E-state index in [1.165, 1.54) is 6.08 Å². The molecule has 9 heteroatoms. The Morgan fingerprint density at radius 3 is 2.42 bits per heavy atom. The quantitative estimate of drug-likeness (QED) is 0.167. The van der Waals surface area contributed by atoms with Crippen molar-refractivity contribution >= 4 is 17.3 Å². The van der Waals surface area contributed by atoms with Crippen LogP contribution in [0.15, 0.2) is 35.4 Å². The molecule has 0 aromatic heterocycles. The first-order chi connectivity index (χ1) is 7.65. The topological polar surface area (TPSA) is 79.5 Å². The largest absolute Gasteiger partial charge is 2.00 e. The van der Waals surface area contributed by atoms with Gasteiger partial charge in [0, 0.05) is 16.6 Å². The van der Waals surface area contributed by atoms with Crippen LogP contribution < -0.4 is 24.8 Å². The molecule has 0 radical (unpaired) electrons. The molecule has 0 fully saturated rings. The predicted octanol–water partition coefficient (Wildman–Crippen LogP) is -3.83. The Hall–Kier alpha value is -0.767. The number of hydrogen-bond donors (Lipinski definition) is 0. The van der Waals surface area contributed by atoms with Gasteiger partial charge in [-0.15, -0.1) is 0 Å². The SMILES string of the molecule is [Cl-].[Cl-].[N-]=[N+]=C1C(Cl)=CC([N+](=O)[O-])c2ccccc21.[Zn+2]. The average molecular weight is 372 g/mol. The number of halogens is 3. The summed E-state index contributed by atoms with van der Waals surface area (Å²) in [5.41, 5.74) is 9.95.